The molecule has 2 aliphatic rings. The molecule has 0 radical (unpaired) electrons. The molecule has 1 aliphatic carbocycles. The number of nitrogens with zero attached hydrogens (tertiary/aromatic N) is 1. The Kier molecular flexibility index (Phi) is 4.43. The Morgan fingerprint density at radius 2 is 1.81 bits per heavy atom. The summed E-state index contributed by atoms with van der Waals surface area (Å²) in [6.07, 6.45) is -10.0. The molecule has 148 valence electrons. The first-order chi connectivity index (χ1) is 12.4. The van der Waals surface area contributed by atoms with Crippen LogP contribution < -0.4 is 0 Å². The molecule has 3 unspecified atom stereocenters. The fourth-order valence-electron chi connectivity index (χ4n) is 3.54. The van der Waals surface area contributed by atoms with E-state index in [4.69, 9.17) is 5.11 Å². The Labute approximate surface area is 149 Å². The van der Waals surface area contributed by atoms with E-state index in [1.165, 1.54) is 12.1 Å². The van der Waals surface area contributed by atoms with Crippen molar-refractivity contribution in [1.29, 1.82) is 0 Å². The number of halogens is 6. The van der Waals surface area contributed by atoms with Gasteiger partial charge in [-0.1, -0.05) is 18.2 Å². The van der Waals surface area contributed by atoms with E-state index in [-0.39, 0.29) is 13.0 Å². The number of carboxylic acids is 1. The topological polar surface area (TPSA) is 57.6 Å². The second-order valence-corrected chi connectivity index (χ2v) is 6.97. The lowest BCUT2D eigenvalue weighted by atomic mass is 9.86. The number of carbonyl (C=O) groups is 2. The highest BCUT2D eigenvalue weighted by Gasteiger charge is 2.65. The molecule has 2 fully saturated rings. The quantitative estimate of drug-likeness (QED) is 0.795. The molecule has 1 saturated heterocycles. The molecule has 10 heteroatoms. The van der Waals surface area contributed by atoms with E-state index in [1.807, 2.05) is 0 Å². The Balaban J connectivity index is 1.72. The largest absolute Gasteiger partial charge is 0.481 e. The molecule has 1 aromatic carbocycles. The minimum absolute atomic E-state index is 0.225. The smallest absolute Gasteiger partial charge is 0.416 e. The summed E-state index contributed by atoms with van der Waals surface area (Å²) in [5.41, 5.74) is -3.56. The predicted octanol–water partition coefficient (Wildman–Crippen LogP) is 3.67. The van der Waals surface area contributed by atoms with Crippen LogP contribution in [0.25, 0.3) is 0 Å². The Morgan fingerprint density at radius 3 is 2.33 bits per heavy atom. The van der Waals surface area contributed by atoms with Crippen LogP contribution in [0.4, 0.5) is 26.3 Å². The van der Waals surface area contributed by atoms with Crippen LogP contribution in [0.1, 0.15) is 29.9 Å². The van der Waals surface area contributed by atoms with E-state index < -0.39 is 60.0 Å². The number of likely N-dealkylation sites (tertiary alicyclic amines) is 1. The van der Waals surface area contributed by atoms with Gasteiger partial charge in [-0.25, -0.2) is 0 Å². The minimum Gasteiger partial charge on any atom is -0.481 e. The van der Waals surface area contributed by atoms with Crippen LogP contribution in [0, 0.1) is 11.3 Å². The zero-order valence-electron chi connectivity index (χ0n) is 13.8. The van der Waals surface area contributed by atoms with E-state index in [0.717, 1.165) is 17.0 Å². The number of hydrogen-bond acceptors (Lipinski definition) is 2. The molecule has 3 atom stereocenters. The maximum Gasteiger partial charge on any atom is 0.416 e. The average Bonchev–Trinajstić information content (AvgIpc) is 3.21. The summed E-state index contributed by atoms with van der Waals surface area (Å²) in [6, 6.07) is 4.48. The van der Waals surface area contributed by atoms with Crippen molar-refractivity contribution in [2.45, 2.75) is 31.1 Å². The summed E-state index contributed by atoms with van der Waals surface area (Å²) in [6.45, 7) is -1.33. The summed E-state index contributed by atoms with van der Waals surface area (Å²) >= 11 is 0. The van der Waals surface area contributed by atoms with E-state index >= 15 is 0 Å². The molecule has 3 rings (SSSR count). The second kappa shape index (κ2) is 6.13. The molecule has 0 spiro atoms. The highest BCUT2D eigenvalue weighted by atomic mass is 19.4. The summed E-state index contributed by atoms with van der Waals surface area (Å²) in [5.74, 6) is -3.92. The lowest BCUT2D eigenvalue weighted by molar-refractivity contribution is -0.227. The molecule has 0 bridgehead atoms. The van der Waals surface area contributed by atoms with Crippen molar-refractivity contribution in [3.05, 3.63) is 35.4 Å². The molecule has 1 N–H and O–H groups in total. The number of amides is 1. The average molecular weight is 395 g/mol. The number of carboxylic acid groups (broad SMARTS) is 1. The first kappa shape index (κ1) is 19.5. The molecule has 1 saturated carbocycles. The van der Waals surface area contributed by atoms with Gasteiger partial charge in [-0.15, -0.1) is 0 Å². The van der Waals surface area contributed by atoms with Gasteiger partial charge in [-0.2, -0.15) is 26.3 Å². The molecular weight excluding hydrogens is 380 g/mol. The van der Waals surface area contributed by atoms with Crippen molar-refractivity contribution in [3.63, 3.8) is 0 Å². The van der Waals surface area contributed by atoms with Gasteiger partial charge in [0.2, 0.25) is 5.91 Å². The van der Waals surface area contributed by atoms with Crippen LogP contribution in [-0.4, -0.2) is 41.1 Å². The summed E-state index contributed by atoms with van der Waals surface area (Å²) < 4.78 is 77.9. The van der Waals surface area contributed by atoms with Crippen molar-refractivity contribution in [3.8, 4) is 0 Å². The maximum atomic E-state index is 13.2. The zero-order chi connectivity index (χ0) is 20.2. The third-order valence-corrected chi connectivity index (χ3v) is 5.28. The number of benzene rings is 1. The van der Waals surface area contributed by atoms with Gasteiger partial charge >= 0.3 is 18.3 Å². The molecule has 1 aromatic rings. The number of rotatable bonds is 3. The van der Waals surface area contributed by atoms with Crippen molar-refractivity contribution in [2.75, 3.05) is 13.1 Å². The van der Waals surface area contributed by atoms with Crippen LogP contribution >= 0.6 is 0 Å². The molecule has 1 amide bonds. The lowest BCUT2D eigenvalue weighted by Crippen LogP contribution is -2.48. The predicted molar refractivity (Wildman–Crippen MR) is 79.6 cm³/mol. The molecule has 27 heavy (non-hydrogen) atoms. The van der Waals surface area contributed by atoms with Gasteiger partial charge in [0.05, 0.1) is 5.56 Å². The Hall–Kier alpha value is -2.26. The van der Waals surface area contributed by atoms with Crippen LogP contribution in [0.2, 0.25) is 0 Å². The fraction of sp³-hybridized carbons (Fsp3) is 0.529. The molecular formula is C17H15F6NO3. The Morgan fingerprint density at radius 1 is 1.15 bits per heavy atom. The number of carbonyl (C=O) groups excluding carboxylic acids is 1. The van der Waals surface area contributed by atoms with Crippen molar-refractivity contribution >= 4 is 11.9 Å². The van der Waals surface area contributed by atoms with Gasteiger partial charge in [0.1, 0.15) is 0 Å². The molecule has 1 aliphatic heterocycles. The first-order valence-corrected chi connectivity index (χ1v) is 8.13. The normalized spacial score (nSPS) is 28.3. The van der Waals surface area contributed by atoms with E-state index in [9.17, 15) is 35.9 Å². The van der Waals surface area contributed by atoms with Gasteiger partial charge in [0.15, 0.2) is 5.41 Å². The standard InChI is InChI=1S/C17H15F6NO3/c18-16(19,20)10-3-1-2-9(6-10)11-7-12(11)13(25)24-5-4-15(8-24,14(26)27)17(21,22)23/h1-3,6,11-12H,4-5,7-8H2,(H,26,27). The van der Waals surface area contributed by atoms with E-state index in [2.05, 4.69) is 0 Å². The van der Waals surface area contributed by atoms with E-state index in [1.54, 1.807) is 0 Å². The number of aliphatic carboxylic acids is 1. The highest BCUT2D eigenvalue weighted by Crippen LogP contribution is 2.52. The Bertz CT molecular complexity index is 775. The molecule has 0 aromatic heterocycles. The van der Waals surface area contributed by atoms with Crippen molar-refractivity contribution in [1.82, 2.24) is 4.90 Å². The minimum atomic E-state index is -5.00. The van der Waals surface area contributed by atoms with Crippen LogP contribution in [0.5, 0.6) is 0 Å². The highest BCUT2D eigenvalue weighted by molar-refractivity contribution is 5.85. The van der Waals surface area contributed by atoms with Gasteiger partial charge < -0.3 is 10.0 Å². The molecule has 1 heterocycles. The van der Waals surface area contributed by atoms with Crippen LogP contribution in [0.3, 0.4) is 0 Å². The SMILES string of the molecule is O=C(C1CC1c1cccc(C(F)(F)F)c1)N1CCC(C(=O)O)(C(F)(F)F)C1. The third kappa shape index (κ3) is 3.37. The van der Waals surface area contributed by atoms with Gasteiger partial charge in [-0.05, 0) is 30.4 Å². The summed E-state index contributed by atoms with van der Waals surface area (Å²) in [4.78, 5) is 24.5. The summed E-state index contributed by atoms with van der Waals surface area (Å²) in [7, 11) is 0. The second-order valence-electron chi connectivity index (χ2n) is 6.97. The maximum absolute atomic E-state index is 13.2. The van der Waals surface area contributed by atoms with Crippen LogP contribution in [0.15, 0.2) is 24.3 Å². The third-order valence-electron chi connectivity index (χ3n) is 5.28. The summed E-state index contributed by atoms with van der Waals surface area (Å²) in [5, 5.41) is 9.03. The number of alkyl halides is 6. The van der Waals surface area contributed by atoms with Gasteiger partial charge in [-0.3, -0.25) is 9.59 Å². The van der Waals surface area contributed by atoms with Crippen molar-refractivity contribution in [2.24, 2.45) is 11.3 Å². The first-order valence-electron chi connectivity index (χ1n) is 8.13. The monoisotopic (exact) mass is 395 g/mol. The van der Waals surface area contributed by atoms with Crippen molar-refractivity contribution < 1.29 is 41.0 Å². The zero-order valence-corrected chi connectivity index (χ0v) is 13.8. The van der Waals surface area contributed by atoms with Gasteiger partial charge in [0.25, 0.3) is 0 Å². The number of hydrogen-bond donors (Lipinski definition) is 1. The lowest BCUT2D eigenvalue weighted by Gasteiger charge is -2.27. The van der Waals surface area contributed by atoms with Gasteiger partial charge in [0, 0.05) is 19.0 Å². The van der Waals surface area contributed by atoms with E-state index in [0.29, 0.717) is 5.56 Å². The molecule has 4 nitrogen and oxygen atoms in total. The van der Waals surface area contributed by atoms with Crippen LogP contribution in [-0.2, 0) is 15.8 Å². The fourth-order valence-corrected chi connectivity index (χ4v) is 3.54.